The van der Waals surface area contributed by atoms with Crippen molar-refractivity contribution < 1.29 is 9.53 Å². The second-order valence-corrected chi connectivity index (χ2v) is 4.76. The minimum Gasteiger partial charge on any atom is -0.459 e. The summed E-state index contributed by atoms with van der Waals surface area (Å²) in [5.41, 5.74) is 4.72. The van der Waals surface area contributed by atoms with Crippen LogP contribution in [-0.4, -0.2) is 23.3 Å². The fourth-order valence-electron chi connectivity index (χ4n) is 1.04. The van der Waals surface area contributed by atoms with Crippen molar-refractivity contribution in [1.82, 2.24) is 0 Å². The molecule has 2 N–H and O–H groups in total. The molecule has 1 aliphatic heterocycles. The molecule has 0 saturated carbocycles. The summed E-state index contributed by atoms with van der Waals surface area (Å²) >= 11 is 0. The number of esters is 1. The van der Waals surface area contributed by atoms with Gasteiger partial charge in [-0.2, -0.15) is 10.2 Å². The molecule has 0 aromatic heterocycles. The van der Waals surface area contributed by atoms with Crippen LogP contribution in [0.5, 0.6) is 0 Å². The maximum absolute atomic E-state index is 11.4. The Morgan fingerprint density at radius 1 is 1.50 bits per heavy atom. The van der Waals surface area contributed by atoms with Crippen molar-refractivity contribution in [3.8, 4) is 0 Å². The van der Waals surface area contributed by atoms with Gasteiger partial charge in [0.15, 0.2) is 5.66 Å². The topological polar surface area (TPSA) is 77.0 Å². The van der Waals surface area contributed by atoms with Crippen molar-refractivity contribution in [2.24, 2.45) is 16.0 Å². The number of carbonyl (C=O) groups excluding carboxylic acids is 1. The van der Waals surface area contributed by atoms with Gasteiger partial charge in [-0.15, -0.1) is 0 Å². The number of ether oxygens (including phenoxy) is 1. The third kappa shape index (κ3) is 3.41. The van der Waals surface area contributed by atoms with Gasteiger partial charge in [-0.05, 0) is 27.7 Å². The highest BCUT2D eigenvalue weighted by atomic mass is 16.6. The van der Waals surface area contributed by atoms with E-state index in [1.54, 1.807) is 0 Å². The first-order chi connectivity index (χ1) is 6.22. The Hall–Kier alpha value is -0.970. The molecule has 0 amide bonds. The molecule has 0 bridgehead atoms. The van der Waals surface area contributed by atoms with E-state index in [4.69, 9.17) is 10.5 Å². The molecule has 1 heterocycles. The smallest absolute Gasteiger partial charge is 0.323 e. The van der Waals surface area contributed by atoms with Crippen LogP contribution < -0.4 is 5.73 Å². The number of nitrogens with two attached hydrogens (primary N) is 1. The number of hydrogen-bond acceptors (Lipinski definition) is 5. The van der Waals surface area contributed by atoms with E-state index in [1.165, 1.54) is 0 Å². The van der Waals surface area contributed by atoms with Gasteiger partial charge in [0.2, 0.25) is 0 Å². The molecule has 1 rings (SSSR count). The van der Waals surface area contributed by atoms with Gasteiger partial charge < -0.3 is 10.5 Å². The third-order valence-electron chi connectivity index (χ3n) is 1.76. The first kappa shape index (κ1) is 11.1. The quantitative estimate of drug-likeness (QED) is 0.694. The highest BCUT2D eigenvalue weighted by Crippen LogP contribution is 2.31. The fraction of sp³-hybridized carbons (Fsp3) is 0.889. The van der Waals surface area contributed by atoms with Crippen LogP contribution in [0.4, 0.5) is 0 Å². The van der Waals surface area contributed by atoms with E-state index >= 15 is 0 Å². The maximum atomic E-state index is 11.4. The average Bonchev–Trinajstić information content (AvgIpc) is 2.63. The van der Waals surface area contributed by atoms with E-state index < -0.39 is 23.3 Å². The van der Waals surface area contributed by atoms with Crippen molar-refractivity contribution in [2.45, 2.75) is 51.4 Å². The Morgan fingerprint density at radius 2 is 2.00 bits per heavy atom. The lowest BCUT2D eigenvalue weighted by Crippen LogP contribution is -2.39. The van der Waals surface area contributed by atoms with E-state index in [0.717, 1.165) is 0 Å². The summed E-state index contributed by atoms with van der Waals surface area (Å²) in [6.07, 6.45) is 0.419. The number of rotatable bonds is 3. The van der Waals surface area contributed by atoms with Gasteiger partial charge in [-0.3, -0.25) is 4.79 Å². The first-order valence-electron chi connectivity index (χ1n) is 4.64. The van der Waals surface area contributed by atoms with Crippen molar-refractivity contribution in [1.29, 1.82) is 0 Å². The van der Waals surface area contributed by atoms with Gasteiger partial charge in [-0.25, -0.2) is 0 Å². The third-order valence-corrected chi connectivity index (χ3v) is 1.76. The van der Waals surface area contributed by atoms with Crippen molar-refractivity contribution >= 4 is 5.97 Å². The van der Waals surface area contributed by atoms with Crippen LogP contribution in [0.2, 0.25) is 0 Å². The normalized spacial score (nSPS) is 20.4. The summed E-state index contributed by atoms with van der Waals surface area (Å²) in [6, 6.07) is -0.644. The molecule has 1 aliphatic rings. The first-order valence-corrected chi connectivity index (χ1v) is 4.64. The number of carbonyl (C=O) groups is 1. The molecule has 0 saturated heterocycles. The molecule has 0 fully saturated rings. The van der Waals surface area contributed by atoms with Gasteiger partial charge >= 0.3 is 5.97 Å². The lowest BCUT2D eigenvalue weighted by Gasteiger charge is -2.22. The van der Waals surface area contributed by atoms with Crippen LogP contribution in [0, 0.1) is 0 Å². The molecule has 80 valence electrons. The predicted molar refractivity (Wildman–Crippen MR) is 51.7 cm³/mol. The highest BCUT2D eigenvalue weighted by Gasteiger charge is 2.38. The predicted octanol–water partition coefficient (Wildman–Crippen LogP) is 1.23. The average molecular weight is 199 g/mol. The summed E-state index contributed by atoms with van der Waals surface area (Å²) in [5.74, 6) is -0.393. The van der Waals surface area contributed by atoms with Crippen molar-refractivity contribution in [3.05, 3.63) is 0 Å². The second kappa shape index (κ2) is 3.31. The molecule has 5 nitrogen and oxygen atoms in total. The van der Waals surface area contributed by atoms with E-state index in [1.807, 2.05) is 27.7 Å². The zero-order valence-corrected chi connectivity index (χ0v) is 9.07. The van der Waals surface area contributed by atoms with Crippen LogP contribution in [0.3, 0.4) is 0 Å². The molecule has 0 aromatic carbocycles. The zero-order valence-electron chi connectivity index (χ0n) is 9.07. The van der Waals surface area contributed by atoms with Gasteiger partial charge in [0, 0.05) is 6.42 Å². The van der Waals surface area contributed by atoms with E-state index in [2.05, 4.69) is 10.2 Å². The van der Waals surface area contributed by atoms with Gasteiger partial charge in [-0.1, -0.05) is 0 Å². The molecular weight excluding hydrogens is 182 g/mol. The van der Waals surface area contributed by atoms with Crippen molar-refractivity contribution in [2.75, 3.05) is 0 Å². The van der Waals surface area contributed by atoms with Crippen molar-refractivity contribution in [3.63, 3.8) is 0 Å². The zero-order chi connectivity index (χ0) is 11.0. The Bertz CT molecular complexity index is 262. The van der Waals surface area contributed by atoms with Crippen LogP contribution in [-0.2, 0) is 9.53 Å². The molecule has 1 unspecified atom stereocenters. The number of hydrogen-bond donors (Lipinski definition) is 1. The molecular formula is C9H17N3O2. The van der Waals surface area contributed by atoms with E-state index in [-0.39, 0.29) is 0 Å². The molecule has 0 spiro atoms. The molecule has 5 heteroatoms. The maximum Gasteiger partial charge on any atom is 0.323 e. The van der Waals surface area contributed by atoms with Crippen LogP contribution in [0.15, 0.2) is 10.2 Å². The SMILES string of the molecule is CC1(CC(N)C(=O)OC(C)(C)C)N=N1. The molecule has 14 heavy (non-hydrogen) atoms. The monoisotopic (exact) mass is 199 g/mol. The highest BCUT2D eigenvalue weighted by molar-refractivity contribution is 5.76. The Kier molecular flexibility index (Phi) is 2.63. The number of nitrogens with zero attached hydrogens (tertiary/aromatic N) is 2. The standard InChI is InChI=1S/C9H17N3O2/c1-8(2,3)14-7(13)6(10)5-9(4)11-12-9/h6H,5,10H2,1-4H3. The van der Waals surface area contributed by atoms with Gasteiger partial charge in [0.25, 0.3) is 0 Å². The largest absolute Gasteiger partial charge is 0.459 e. The van der Waals surface area contributed by atoms with Gasteiger partial charge in [0.1, 0.15) is 11.6 Å². The van der Waals surface area contributed by atoms with Crippen LogP contribution in [0.25, 0.3) is 0 Å². The summed E-state index contributed by atoms with van der Waals surface area (Å²) in [5, 5.41) is 7.58. The minimum absolute atomic E-state index is 0.393. The second-order valence-electron chi connectivity index (χ2n) is 4.76. The minimum atomic E-state index is -0.644. The Morgan fingerprint density at radius 3 is 2.36 bits per heavy atom. The molecule has 0 radical (unpaired) electrons. The molecule has 1 atom stereocenters. The Labute approximate surface area is 83.7 Å². The summed E-state index contributed by atoms with van der Waals surface area (Å²) in [6.45, 7) is 7.26. The van der Waals surface area contributed by atoms with Gasteiger partial charge in [0.05, 0.1) is 0 Å². The molecule has 0 aliphatic carbocycles. The van der Waals surface area contributed by atoms with E-state index in [0.29, 0.717) is 6.42 Å². The summed E-state index contributed by atoms with van der Waals surface area (Å²) in [7, 11) is 0. The fourth-order valence-corrected chi connectivity index (χ4v) is 1.04. The summed E-state index contributed by atoms with van der Waals surface area (Å²) < 4.78 is 5.13. The van der Waals surface area contributed by atoms with Crippen LogP contribution in [0.1, 0.15) is 34.1 Å². The lowest BCUT2D eigenvalue weighted by molar-refractivity contribution is -0.156. The summed E-state index contributed by atoms with van der Waals surface area (Å²) in [4.78, 5) is 11.4. The Balaban J connectivity index is 2.37. The molecule has 0 aromatic rings. The van der Waals surface area contributed by atoms with E-state index in [9.17, 15) is 4.79 Å². The lowest BCUT2D eigenvalue weighted by atomic mass is 10.1. The van der Waals surface area contributed by atoms with Crippen LogP contribution >= 0.6 is 0 Å².